The number of ether oxygens (including phenoxy) is 1. The highest BCUT2D eigenvalue weighted by atomic mass is 16.5. The SMILES string of the molecule is O=C(OC(c1ccccc1)c1ccncc1)c1ccc(N2CCNC2=O)cc1. The van der Waals surface area contributed by atoms with Crippen LogP contribution in [-0.4, -0.2) is 30.1 Å². The van der Waals surface area contributed by atoms with Crippen LogP contribution in [-0.2, 0) is 4.74 Å². The average Bonchev–Trinajstić information content (AvgIpc) is 3.19. The molecule has 6 nitrogen and oxygen atoms in total. The zero-order chi connectivity index (χ0) is 19.3. The first kappa shape index (κ1) is 17.7. The molecule has 3 aromatic rings. The number of benzene rings is 2. The first-order chi connectivity index (χ1) is 13.7. The molecule has 6 heteroatoms. The van der Waals surface area contributed by atoms with Gasteiger partial charge >= 0.3 is 12.0 Å². The molecule has 2 amide bonds. The lowest BCUT2D eigenvalue weighted by atomic mass is 10.0. The van der Waals surface area contributed by atoms with Crippen LogP contribution in [0.5, 0.6) is 0 Å². The Labute approximate surface area is 162 Å². The zero-order valence-electron chi connectivity index (χ0n) is 15.1. The lowest BCUT2D eigenvalue weighted by molar-refractivity contribution is 0.0378. The van der Waals surface area contributed by atoms with Crippen LogP contribution in [0.15, 0.2) is 79.1 Å². The number of pyridine rings is 1. The van der Waals surface area contributed by atoms with Crippen molar-refractivity contribution in [3.8, 4) is 0 Å². The maximum absolute atomic E-state index is 12.8. The van der Waals surface area contributed by atoms with E-state index in [0.717, 1.165) is 16.8 Å². The summed E-state index contributed by atoms with van der Waals surface area (Å²) in [5, 5.41) is 2.76. The van der Waals surface area contributed by atoms with E-state index in [1.165, 1.54) is 0 Å². The van der Waals surface area contributed by atoms with E-state index in [0.29, 0.717) is 18.7 Å². The van der Waals surface area contributed by atoms with E-state index in [4.69, 9.17) is 4.74 Å². The van der Waals surface area contributed by atoms with Crippen molar-refractivity contribution in [2.45, 2.75) is 6.10 Å². The lowest BCUT2D eigenvalue weighted by Crippen LogP contribution is -2.27. The van der Waals surface area contributed by atoms with Gasteiger partial charge < -0.3 is 10.1 Å². The highest BCUT2D eigenvalue weighted by molar-refractivity contribution is 5.95. The average molecular weight is 373 g/mol. The van der Waals surface area contributed by atoms with Gasteiger partial charge in [0.25, 0.3) is 0 Å². The minimum absolute atomic E-state index is 0.128. The minimum atomic E-state index is -0.527. The standard InChI is InChI=1S/C22H19N3O3/c26-21(18-6-8-19(9-7-18)25-15-14-24-22(25)27)28-20(16-4-2-1-3-5-16)17-10-12-23-13-11-17/h1-13,20H,14-15H2,(H,24,27). The molecule has 1 fully saturated rings. The zero-order valence-corrected chi connectivity index (χ0v) is 15.1. The van der Waals surface area contributed by atoms with Gasteiger partial charge in [-0.15, -0.1) is 0 Å². The largest absolute Gasteiger partial charge is 0.449 e. The van der Waals surface area contributed by atoms with E-state index in [1.807, 2.05) is 42.5 Å². The van der Waals surface area contributed by atoms with Crippen molar-refractivity contribution in [1.82, 2.24) is 10.3 Å². The minimum Gasteiger partial charge on any atom is -0.449 e. The molecule has 4 rings (SSSR count). The highest BCUT2D eigenvalue weighted by Crippen LogP contribution is 2.27. The summed E-state index contributed by atoms with van der Waals surface area (Å²) in [6, 6.07) is 20.0. The maximum atomic E-state index is 12.8. The van der Waals surface area contributed by atoms with Gasteiger partial charge in [-0.2, -0.15) is 0 Å². The van der Waals surface area contributed by atoms with Crippen LogP contribution >= 0.6 is 0 Å². The molecule has 2 aromatic carbocycles. The van der Waals surface area contributed by atoms with Gasteiger partial charge in [0.15, 0.2) is 6.10 Å². The molecule has 1 aliphatic heterocycles. The summed E-state index contributed by atoms with van der Waals surface area (Å²) in [5.74, 6) is -0.428. The second-order valence-electron chi connectivity index (χ2n) is 6.41. The normalized spacial score (nSPS) is 14.4. The van der Waals surface area contributed by atoms with Crippen LogP contribution in [0.2, 0.25) is 0 Å². The van der Waals surface area contributed by atoms with Gasteiger partial charge in [-0.05, 0) is 42.0 Å². The number of urea groups is 1. The van der Waals surface area contributed by atoms with Crippen LogP contribution in [0.3, 0.4) is 0 Å². The van der Waals surface area contributed by atoms with Crippen molar-refractivity contribution in [2.24, 2.45) is 0 Å². The van der Waals surface area contributed by atoms with Gasteiger partial charge in [0.1, 0.15) is 0 Å². The summed E-state index contributed by atoms with van der Waals surface area (Å²) < 4.78 is 5.84. The first-order valence-electron chi connectivity index (χ1n) is 9.03. The van der Waals surface area contributed by atoms with Crippen molar-refractivity contribution >= 4 is 17.7 Å². The second-order valence-corrected chi connectivity index (χ2v) is 6.41. The third kappa shape index (κ3) is 3.71. The third-order valence-corrected chi connectivity index (χ3v) is 4.61. The fourth-order valence-corrected chi connectivity index (χ4v) is 3.17. The fourth-order valence-electron chi connectivity index (χ4n) is 3.17. The Kier molecular flexibility index (Phi) is 5.01. The lowest BCUT2D eigenvalue weighted by Gasteiger charge is -2.19. The number of hydrogen-bond donors (Lipinski definition) is 1. The Morgan fingerprint density at radius 1 is 0.964 bits per heavy atom. The summed E-state index contributed by atoms with van der Waals surface area (Å²) >= 11 is 0. The number of nitrogens with zero attached hydrogens (tertiary/aromatic N) is 2. The molecular weight excluding hydrogens is 354 g/mol. The third-order valence-electron chi connectivity index (χ3n) is 4.61. The number of carbonyl (C=O) groups excluding carboxylic acids is 2. The number of anilines is 1. The maximum Gasteiger partial charge on any atom is 0.339 e. The Bertz CT molecular complexity index is 920. The predicted octanol–water partition coefficient (Wildman–Crippen LogP) is 3.56. The van der Waals surface area contributed by atoms with Gasteiger partial charge in [0, 0.05) is 36.7 Å². The Morgan fingerprint density at radius 2 is 1.64 bits per heavy atom. The number of amides is 2. The molecule has 1 atom stereocenters. The fraction of sp³-hybridized carbons (Fsp3) is 0.136. The van der Waals surface area contributed by atoms with E-state index in [1.54, 1.807) is 41.6 Å². The van der Waals surface area contributed by atoms with Crippen molar-refractivity contribution in [3.63, 3.8) is 0 Å². The molecule has 2 heterocycles. The summed E-state index contributed by atoms with van der Waals surface area (Å²) in [6.45, 7) is 1.23. The summed E-state index contributed by atoms with van der Waals surface area (Å²) in [4.78, 5) is 30.2. The van der Waals surface area contributed by atoms with E-state index >= 15 is 0 Å². The van der Waals surface area contributed by atoms with E-state index < -0.39 is 12.1 Å². The number of rotatable bonds is 5. The molecule has 0 spiro atoms. The Morgan fingerprint density at radius 3 is 2.29 bits per heavy atom. The number of carbonyl (C=O) groups is 2. The number of esters is 1. The molecule has 1 N–H and O–H groups in total. The second kappa shape index (κ2) is 7.92. The van der Waals surface area contributed by atoms with Crippen LogP contribution in [0.25, 0.3) is 0 Å². The molecule has 0 saturated carbocycles. The van der Waals surface area contributed by atoms with E-state index in [9.17, 15) is 9.59 Å². The monoisotopic (exact) mass is 373 g/mol. The molecular formula is C22H19N3O3. The van der Waals surface area contributed by atoms with Gasteiger partial charge in [-0.25, -0.2) is 9.59 Å². The van der Waals surface area contributed by atoms with E-state index in [-0.39, 0.29) is 6.03 Å². The van der Waals surface area contributed by atoms with Crippen molar-refractivity contribution in [1.29, 1.82) is 0 Å². The molecule has 1 unspecified atom stereocenters. The van der Waals surface area contributed by atoms with Crippen LogP contribution < -0.4 is 10.2 Å². The topological polar surface area (TPSA) is 71.5 Å². The van der Waals surface area contributed by atoms with Gasteiger partial charge in [-0.3, -0.25) is 9.88 Å². The summed E-state index contributed by atoms with van der Waals surface area (Å²) in [6.07, 6.45) is 2.82. The van der Waals surface area contributed by atoms with Crippen molar-refractivity contribution in [2.75, 3.05) is 18.0 Å². The molecule has 0 radical (unpaired) electrons. The number of hydrogen-bond acceptors (Lipinski definition) is 4. The number of nitrogens with one attached hydrogen (secondary N) is 1. The molecule has 140 valence electrons. The van der Waals surface area contributed by atoms with Gasteiger partial charge in [-0.1, -0.05) is 30.3 Å². The summed E-state index contributed by atoms with van der Waals surface area (Å²) in [7, 11) is 0. The molecule has 1 aromatic heterocycles. The Hall–Kier alpha value is -3.67. The van der Waals surface area contributed by atoms with Crippen LogP contribution in [0.1, 0.15) is 27.6 Å². The smallest absolute Gasteiger partial charge is 0.339 e. The van der Waals surface area contributed by atoms with Crippen molar-refractivity contribution in [3.05, 3.63) is 95.8 Å². The van der Waals surface area contributed by atoms with E-state index in [2.05, 4.69) is 10.3 Å². The quantitative estimate of drug-likeness (QED) is 0.694. The molecule has 1 saturated heterocycles. The highest BCUT2D eigenvalue weighted by Gasteiger charge is 2.23. The van der Waals surface area contributed by atoms with Crippen LogP contribution in [0.4, 0.5) is 10.5 Å². The van der Waals surface area contributed by atoms with Gasteiger partial charge in [0.05, 0.1) is 5.56 Å². The molecule has 28 heavy (non-hydrogen) atoms. The first-order valence-corrected chi connectivity index (χ1v) is 9.03. The number of aromatic nitrogens is 1. The van der Waals surface area contributed by atoms with Gasteiger partial charge in [0.2, 0.25) is 0 Å². The Balaban J connectivity index is 1.55. The molecule has 0 bridgehead atoms. The van der Waals surface area contributed by atoms with Crippen molar-refractivity contribution < 1.29 is 14.3 Å². The predicted molar refractivity (Wildman–Crippen MR) is 105 cm³/mol. The molecule has 0 aliphatic carbocycles. The van der Waals surface area contributed by atoms with Crippen LogP contribution in [0, 0.1) is 0 Å². The molecule has 1 aliphatic rings. The summed E-state index contributed by atoms with van der Waals surface area (Å²) in [5.41, 5.74) is 2.91.